The van der Waals surface area contributed by atoms with Crippen molar-refractivity contribution in [2.24, 2.45) is 11.7 Å². The molecule has 2 rings (SSSR count). The minimum Gasteiger partial charge on any atom is -0.381 e. The summed E-state index contributed by atoms with van der Waals surface area (Å²) in [6.45, 7) is 2.04. The summed E-state index contributed by atoms with van der Waals surface area (Å²) in [6, 6.07) is 1.63. The molecule has 2 N–H and O–H groups in total. The first-order valence-electron chi connectivity index (χ1n) is 6.39. The Kier molecular flexibility index (Phi) is 5.38. The number of hydrogen-bond acceptors (Lipinski definition) is 4. The van der Waals surface area contributed by atoms with Crippen LogP contribution in [-0.2, 0) is 16.1 Å². The molecule has 1 fully saturated rings. The number of halogens is 1. The highest BCUT2D eigenvalue weighted by molar-refractivity contribution is 9.11. The van der Waals surface area contributed by atoms with Crippen LogP contribution >= 0.6 is 27.3 Å². The summed E-state index contributed by atoms with van der Waals surface area (Å²) in [7, 11) is 1.81. The lowest BCUT2D eigenvalue weighted by atomic mass is 9.91. The van der Waals surface area contributed by atoms with E-state index in [4.69, 9.17) is 10.5 Å². The highest BCUT2D eigenvalue weighted by Crippen LogP contribution is 2.23. The molecule has 1 amide bonds. The standard InChI is InChI=1S/C13H19BrN2O2S/c1-16(7-9-6-11(14)19-8-9)13(17)12(15)10-2-4-18-5-3-10/h6,8,10,12H,2-5,7,15H2,1H3/t12-/m0/s1. The number of likely N-dealkylation sites (N-methyl/N-ethyl adjacent to an activating group) is 1. The molecule has 1 aromatic heterocycles. The third-order valence-electron chi connectivity index (χ3n) is 3.48. The van der Waals surface area contributed by atoms with Gasteiger partial charge in [-0.2, -0.15) is 0 Å². The van der Waals surface area contributed by atoms with E-state index in [2.05, 4.69) is 15.9 Å². The normalized spacial score (nSPS) is 18.3. The molecule has 2 heterocycles. The van der Waals surface area contributed by atoms with Gasteiger partial charge in [-0.15, -0.1) is 11.3 Å². The fourth-order valence-electron chi connectivity index (χ4n) is 2.31. The molecule has 19 heavy (non-hydrogen) atoms. The molecule has 106 valence electrons. The smallest absolute Gasteiger partial charge is 0.239 e. The number of nitrogens with zero attached hydrogens (tertiary/aromatic N) is 1. The molecular formula is C13H19BrN2O2S. The van der Waals surface area contributed by atoms with Crippen LogP contribution in [0.25, 0.3) is 0 Å². The first-order chi connectivity index (χ1) is 9.08. The Hall–Kier alpha value is -0.430. The van der Waals surface area contributed by atoms with Crippen LogP contribution in [0.15, 0.2) is 15.2 Å². The molecule has 0 spiro atoms. The van der Waals surface area contributed by atoms with E-state index in [-0.39, 0.29) is 11.8 Å². The van der Waals surface area contributed by atoms with E-state index in [1.54, 1.807) is 16.2 Å². The Labute approximate surface area is 126 Å². The zero-order valence-electron chi connectivity index (χ0n) is 11.0. The van der Waals surface area contributed by atoms with E-state index in [0.29, 0.717) is 19.8 Å². The molecule has 0 aliphatic carbocycles. The fraction of sp³-hybridized carbons (Fsp3) is 0.615. The van der Waals surface area contributed by atoms with Gasteiger partial charge in [-0.25, -0.2) is 0 Å². The first kappa shape index (κ1) is 15.0. The zero-order chi connectivity index (χ0) is 13.8. The van der Waals surface area contributed by atoms with Gasteiger partial charge in [-0.1, -0.05) is 0 Å². The molecule has 0 saturated carbocycles. The number of amides is 1. The molecule has 1 aliphatic heterocycles. The van der Waals surface area contributed by atoms with Crippen LogP contribution in [-0.4, -0.2) is 37.1 Å². The van der Waals surface area contributed by atoms with Crippen LogP contribution in [0.2, 0.25) is 0 Å². The number of nitrogens with two attached hydrogens (primary N) is 1. The predicted octanol–water partition coefficient (Wildman–Crippen LogP) is 2.22. The van der Waals surface area contributed by atoms with Crippen molar-refractivity contribution >= 4 is 33.2 Å². The average molecular weight is 347 g/mol. The Morgan fingerprint density at radius 2 is 2.32 bits per heavy atom. The number of hydrogen-bond donors (Lipinski definition) is 1. The third-order valence-corrected chi connectivity index (χ3v) is 5.03. The molecule has 0 radical (unpaired) electrons. The summed E-state index contributed by atoms with van der Waals surface area (Å²) in [5.41, 5.74) is 7.23. The van der Waals surface area contributed by atoms with Crippen LogP contribution in [0.3, 0.4) is 0 Å². The topological polar surface area (TPSA) is 55.6 Å². The van der Waals surface area contributed by atoms with Crippen molar-refractivity contribution in [1.29, 1.82) is 0 Å². The molecule has 1 atom stereocenters. The molecule has 0 bridgehead atoms. The van der Waals surface area contributed by atoms with Gasteiger partial charge in [0.05, 0.1) is 9.83 Å². The second kappa shape index (κ2) is 6.83. The van der Waals surface area contributed by atoms with Gasteiger partial charge in [-0.05, 0) is 51.7 Å². The van der Waals surface area contributed by atoms with E-state index in [0.717, 1.165) is 22.2 Å². The SMILES string of the molecule is CN(Cc1csc(Br)c1)C(=O)[C@@H](N)C1CCOCC1. The van der Waals surface area contributed by atoms with Gasteiger partial charge < -0.3 is 15.4 Å². The molecule has 0 unspecified atom stereocenters. The molecule has 6 heteroatoms. The minimum atomic E-state index is -0.407. The van der Waals surface area contributed by atoms with Crippen molar-refractivity contribution in [3.05, 3.63) is 20.8 Å². The van der Waals surface area contributed by atoms with Crippen molar-refractivity contribution < 1.29 is 9.53 Å². The second-order valence-corrected chi connectivity index (χ2v) is 7.22. The summed E-state index contributed by atoms with van der Waals surface area (Å²) in [5.74, 6) is 0.270. The van der Waals surface area contributed by atoms with Crippen LogP contribution in [0.5, 0.6) is 0 Å². The lowest BCUT2D eigenvalue weighted by Crippen LogP contribution is -2.47. The molecule has 1 saturated heterocycles. The number of ether oxygens (including phenoxy) is 1. The maximum absolute atomic E-state index is 12.3. The van der Waals surface area contributed by atoms with Gasteiger partial charge in [0.15, 0.2) is 0 Å². The minimum absolute atomic E-state index is 0.0224. The van der Waals surface area contributed by atoms with Crippen LogP contribution in [0.1, 0.15) is 18.4 Å². The number of rotatable bonds is 4. The van der Waals surface area contributed by atoms with Crippen molar-refractivity contribution in [3.8, 4) is 0 Å². The van der Waals surface area contributed by atoms with E-state index in [1.807, 2.05) is 18.5 Å². The number of thiophene rings is 1. The van der Waals surface area contributed by atoms with Crippen molar-refractivity contribution in [1.82, 2.24) is 4.90 Å². The van der Waals surface area contributed by atoms with Crippen LogP contribution in [0.4, 0.5) is 0 Å². The summed E-state index contributed by atoms with van der Waals surface area (Å²) in [6.07, 6.45) is 1.76. The molecule has 1 aliphatic rings. The van der Waals surface area contributed by atoms with Crippen LogP contribution in [0, 0.1) is 5.92 Å². The predicted molar refractivity (Wildman–Crippen MR) is 80.0 cm³/mol. The zero-order valence-corrected chi connectivity index (χ0v) is 13.4. The van der Waals surface area contributed by atoms with Gasteiger partial charge in [-0.3, -0.25) is 4.79 Å². The largest absolute Gasteiger partial charge is 0.381 e. The van der Waals surface area contributed by atoms with Crippen molar-refractivity contribution in [3.63, 3.8) is 0 Å². The Bertz CT molecular complexity index is 432. The van der Waals surface area contributed by atoms with Gasteiger partial charge in [0.2, 0.25) is 5.91 Å². The van der Waals surface area contributed by atoms with E-state index in [1.165, 1.54) is 0 Å². The lowest BCUT2D eigenvalue weighted by Gasteiger charge is -2.29. The third kappa shape index (κ3) is 4.02. The van der Waals surface area contributed by atoms with Gasteiger partial charge in [0, 0.05) is 26.8 Å². The monoisotopic (exact) mass is 346 g/mol. The summed E-state index contributed by atoms with van der Waals surface area (Å²) < 4.78 is 6.38. The Balaban J connectivity index is 1.90. The van der Waals surface area contributed by atoms with Gasteiger partial charge in [0.25, 0.3) is 0 Å². The number of carbonyl (C=O) groups excluding carboxylic acids is 1. The second-order valence-electron chi connectivity index (χ2n) is 4.93. The van der Waals surface area contributed by atoms with Gasteiger partial charge >= 0.3 is 0 Å². The molecule has 1 aromatic rings. The van der Waals surface area contributed by atoms with Crippen LogP contribution < -0.4 is 5.73 Å². The maximum Gasteiger partial charge on any atom is 0.239 e. The highest BCUT2D eigenvalue weighted by atomic mass is 79.9. The maximum atomic E-state index is 12.3. The Morgan fingerprint density at radius 3 is 2.89 bits per heavy atom. The average Bonchev–Trinajstić information content (AvgIpc) is 2.83. The summed E-state index contributed by atoms with van der Waals surface area (Å²) in [5, 5.41) is 2.05. The Morgan fingerprint density at radius 1 is 1.63 bits per heavy atom. The summed E-state index contributed by atoms with van der Waals surface area (Å²) in [4.78, 5) is 14.0. The van der Waals surface area contributed by atoms with Crippen molar-refractivity contribution in [2.45, 2.75) is 25.4 Å². The lowest BCUT2D eigenvalue weighted by molar-refractivity contribution is -0.133. The first-order valence-corrected chi connectivity index (χ1v) is 8.06. The van der Waals surface area contributed by atoms with E-state index < -0.39 is 6.04 Å². The molecular weight excluding hydrogens is 328 g/mol. The van der Waals surface area contributed by atoms with E-state index >= 15 is 0 Å². The van der Waals surface area contributed by atoms with E-state index in [9.17, 15) is 4.79 Å². The fourth-order valence-corrected chi connectivity index (χ4v) is 3.51. The molecule has 0 aromatic carbocycles. The highest BCUT2D eigenvalue weighted by Gasteiger charge is 2.28. The van der Waals surface area contributed by atoms with Gasteiger partial charge in [0.1, 0.15) is 0 Å². The van der Waals surface area contributed by atoms with Crippen molar-refractivity contribution in [2.75, 3.05) is 20.3 Å². The summed E-state index contributed by atoms with van der Waals surface area (Å²) >= 11 is 5.05. The number of carbonyl (C=O) groups is 1. The quantitative estimate of drug-likeness (QED) is 0.909. The molecule has 4 nitrogen and oxygen atoms in total.